The lowest BCUT2D eigenvalue weighted by Crippen LogP contribution is -2.34. The number of rotatable bonds is 6. The Morgan fingerprint density at radius 2 is 0.775 bits per heavy atom. The highest BCUT2D eigenvalue weighted by Crippen LogP contribution is 2.51. The van der Waals surface area contributed by atoms with E-state index in [0.29, 0.717) is 11.5 Å². The molecule has 0 saturated heterocycles. The molecular formula is C53H42F6O9S3. The van der Waals surface area contributed by atoms with Gasteiger partial charge in [0.15, 0.2) is 0 Å². The topological polar surface area (TPSA) is 141 Å². The van der Waals surface area contributed by atoms with E-state index in [1.165, 1.54) is 61.2 Å². The Morgan fingerprint density at radius 1 is 0.423 bits per heavy atom. The SMILES string of the molecule is CC1(C)c2ccccc2-c2ccc(-c3ccc4cc(O)ccc4c3)cc21.CC1(C)c2ccccc2-c2ccc(-c3ccc4cc(OS(C)(=O)=O)ccc4c3)cc21.O=S(=O)(OS(=O)(=O)C(F)(F)F)C(F)(F)F. The molecule has 2 aliphatic rings. The van der Waals surface area contributed by atoms with Gasteiger partial charge >= 0.3 is 41.4 Å². The van der Waals surface area contributed by atoms with Crippen LogP contribution in [0.4, 0.5) is 26.3 Å². The molecule has 18 heteroatoms. The first kappa shape index (κ1) is 50.7. The summed E-state index contributed by atoms with van der Waals surface area (Å²) in [4.78, 5) is 0. The van der Waals surface area contributed by atoms with Gasteiger partial charge in [-0.25, -0.2) is 0 Å². The second-order valence-electron chi connectivity index (χ2n) is 18.0. The summed E-state index contributed by atoms with van der Waals surface area (Å²) < 4.78 is 138. The van der Waals surface area contributed by atoms with Crippen molar-refractivity contribution >= 4 is 51.9 Å². The molecule has 0 heterocycles. The lowest BCUT2D eigenvalue weighted by Gasteiger charge is -2.22. The molecule has 10 rings (SSSR count). The van der Waals surface area contributed by atoms with Crippen molar-refractivity contribution in [2.45, 2.75) is 49.5 Å². The van der Waals surface area contributed by atoms with Crippen LogP contribution in [0, 0.1) is 0 Å². The van der Waals surface area contributed by atoms with E-state index in [9.17, 15) is 56.7 Å². The Bertz CT molecular complexity index is 3730. The average Bonchev–Trinajstić information content (AvgIpc) is 3.66. The molecule has 0 bridgehead atoms. The van der Waals surface area contributed by atoms with Crippen molar-refractivity contribution in [1.29, 1.82) is 0 Å². The van der Waals surface area contributed by atoms with Gasteiger partial charge in [-0.1, -0.05) is 137 Å². The number of phenolic OH excluding ortho intramolecular Hbond substituents is 1. The van der Waals surface area contributed by atoms with Crippen molar-refractivity contribution in [3.63, 3.8) is 0 Å². The molecule has 0 radical (unpaired) electrons. The fraction of sp³-hybridized carbons (Fsp3) is 0.170. The van der Waals surface area contributed by atoms with E-state index in [2.05, 4.69) is 143 Å². The van der Waals surface area contributed by atoms with Crippen LogP contribution in [0.1, 0.15) is 49.9 Å². The van der Waals surface area contributed by atoms with E-state index in [1.54, 1.807) is 18.2 Å². The molecule has 2 aliphatic carbocycles. The summed E-state index contributed by atoms with van der Waals surface area (Å²) >= 11 is 0. The van der Waals surface area contributed by atoms with Gasteiger partial charge in [-0.05, 0) is 137 Å². The molecule has 0 saturated carbocycles. The molecule has 0 spiro atoms. The second kappa shape index (κ2) is 17.8. The molecule has 0 unspecified atom stereocenters. The predicted octanol–water partition coefficient (Wildman–Crippen LogP) is 13.4. The lowest BCUT2D eigenvalue weighted by molar-refractivity contribution is -0.0585. The summed E-state index contributed by atoms with van der Waals surface area (Å²) in [6.45, 7) is 9.19. The van der Waals surface area contributed by atoms with Crippen molar-refractivity contribution in [2.24, 2.45) is 0 Å². The van der Waals surface area contributed by atoms with Crippen LogP contribution in [0.3, 0.4) is 0 Å². The van der Waals surface area contributed by atoms with Gasteiger partial charge in [0.25, 0.3) is 0 Å². The molecule has 9 nitrogen and oxygen atoms in total. The zero-order valence-electron chi connectivity index (χ0n) is 38.2. The van der Waals surface area contributed by atoms with Crippen molar-refractivity contribution in [3.8, 4) is 56.0 Å². The van der Waals surface area contributed by atoms with Crippen molar-refractivity contribution in [1.82, 2.24) is 0 Å². The van der Waals surface area contributed by atoms with Gasteiger partial charge in [0.2, 0.25) is 0 Å². The van der Waals surface area contributed by atoms with E-state index in [1.807, 2.05) is 27.9 Å². The quantitative estimate of drug-likeness (QED) is 0.0979. The fourth-order valence-electron chi connectivity index (χ4n) is 9.01. The molecule has 71 heavy (non-hydrogen) atoms. The van der Waals surface area contributed by atoms with Gasteiger partial charge in [-0.2, -0.15) is 51.6 Å². The highest BCUT2D eigenvalue weighted by atomic mass is 32.3. The van der Waals surface area contributed by atoms with Crippen LogP contribution in [-0.2, 0) is 44.8 Å². The summed E-state index contributed by atoms with van der Waals surface area (Å²) in [5.41, 5.74) is 3.06. The fourth-order valence-corrected chi connectivity index (χ4v) is 11.0. The number of fused-ring (bicyclic) bond motifs is 8. The molecule has 0 fully saturated rings. The number of phenols is 1. The third-order valence-corrected chi connectivity index (χ3v) is 15.5. The van der Waals surface area contributed by atoms with Gasteiger partial charge in [-0.15, -0.1) is 3.63 Å². The highest BCUT2D eigenvalue weighted by molar-refractivity contribution is 8.00. The summed E-state index contributed by atoms with van der Waals surface area (Å²) in [6.07, 6.45) is 1.05. The number of alkyl halides is 6. The van der Waals surface area contributed by atoms with Gasteiger partial charge in [0.05, 0.1) is 6.26 Å². The number of hydrogen-bond acceptors (Lipinski definition) is 9. The summed E-state index contributed by atoms with van der Waals surface area (Å²) in [5.74, 6) is 0.636. The number of halogens is 6. The minimum atomic E-state index is -6.85. The van der Waals surface area contributed by atoms with Crippen LogP contribution in [-0.4, -0.2) is 47.6 Å². The highest BCUT2D eigenvalue weighted by Gasteiger charge is 2.57. The van der Waals surface area contributed by atoms with Crippen molar-refractivity contribution in [3.05, 3.63) is 180 Å². The molecule has 0 atom stereocenters. The van der Waals surface area contributed by atoms with Crippen LogP contribution >= 0.6 is 0 Å². The second-order valence-corrected chi connectivity index (χ2v) is 22.8. The molecule has 0 aromatic heterocycles. The zero-order valence-corrected chi connectivity index (χ0v) is 40.7. The molecule has 8 aromatic rings. The third kappa shape index (κ3) is 9.98. The van der Waals surface area contributed by atoms with Gasteiger partial charge in [0.1, 0.15) is 11.5 Å². The normalized spacial score (nSPS) is 14.5. The first-order valence-corrected chi connectivity index (χ1v) is 26.1. The summed E-state index contributed by atoms with van der Waals surface area (Å²) in [7, 11) is -17.2. The molecular weight excluding hydrogens is 991 g/mol. The molecule has 368 valence electrons. The maximum absolute atomic E-state index is 11.4. The van der Waals surface area contributed by atoms with E-state index in [0.717, 1.165) is 33.4 Å². The monoisotopic (exact) mass is 1030 g/mol. The van der Waals surface area contributed by atoms with E-state index in [4.69, 9.17) is 4.18 Å². The van der Waals surface area contributed by atoms with E-state index < -0.39 is 41.4 Å². The van der Waals surface area contributed by atoms with Crippen LogP contribution in [0.15, 0.2) is 158 Å². The predicted molar refractivity (Wildman–Crippen MR) is 262 cm³/mol. The maximum atomic E-state index is 11.4. The van der Waals surface area contributed by atoms with Crippen LogP contribution < -0.4 is 4.18 Å². The molecule has 8 aromatic carbocycles. The minimum Gasteiger partial charge on any atom is -0.508 e. The van der Waals surface area contributed by atoms with E-state index in [-0.39, 0.29) is 10.8 Å². The van der Waals surface area contributed by atoms with Crippen LogP contribution in [0.5, 0.6) is 11.5 Å². The van der Waals surface area contributed by atoms with Gasteiger partial charge in [-0.3, -0.25) is 0 Å². The lowest BCUT2D eigenvalue weighted by atomic mass is 9.81. The Balaban J connectivity index is 0.000000151. The minimum absolute atomic E-state index is 0.0184. The Labute approximate surface area is 406 Å². The van der Waals surface area contributed by atoms with Crippen LogP contribution in [0.25, 0.3) is 66.1 Å². The van der Waals surface area contributed by atoms with E-state index >= 15 is 0 Å². The molecule has 0 amide bonds. The summed E-state index contributed by atoms with van der Waals surface area (Å²) in [6, 6.07) is 54.4. The van der Waals surface area contributed by atoms with Gasteiger partial charge in [0, 0.05) is 10.8 Å². The summed E-state index contributed by atoms with van der Waals surface area (Å²) in [5, 5.41) is 13.8. The standard InChI is InChI=1S/C26H22O3S.C25H20O.C2F6O5S2/c1-26(2)24-7-5-4-6-22(24)23-13-11-20(16-25(23)26)17-8-9-19-15-21(29-30(3,27)28)12-10-18(19)14-17;1-25(2)23-6-4-3-5-21(23)22-12-10-19(15-24(22)25)16-7-8-18-14-20(26)11-9-17(18)13-16;3-1(4,5)14(9,10)13-15(11,12)2(6,7)8/h4-16H,1-3H3;3-15,26H,1-2H3;. The average molecular weight is 1030 g/mol. The Kier molecular flexibility index (Phi) is 12.7. The number of hydrogen-bond donors (Lipinski definition) is 1. The first-order chi connectivity index (χ1) is 33.0. The van der Waals surface area contributed by atoms with Crippen molar-refractivity contribution in [2.75, 3.05) is 6.26 Å². The molecule has 1 N–H and O–H groups in total. The van der Waals surface area contributed by atoms with Crippen molar-refractivity contribution < 1.29 is 64.5 Å². The molecule has 0 aliphatic heterocycles. The zero-order chi connectivity index (χ0) is 51.7. The van der Waals surface area contributed by atoms with Gasteiger partial charge < -0.3 is 9.29 Å². The smallest absolute Gasteiger partial charge is 0.508 e. The largest absolute Gasteiger partial charge is 0.524 e. The third-order valence-electron chi connectivity index (χ3n) is 12.5. The Hall–Kier alpha value is -6.73. The Morgan fingerprint density at radius 3 is 1.21 bits per heavy atom. The maximum Gasteiger partial charge on any atom is 0.524 e. The first-order valence-electron chi connectivity index (χ1n) is 21.5. The number of aromatic hydroxyl groups is 1. The number of benzene rings is 8. The van der Waals surface area contributed by atoms with Crippen LogP contribution in [0.2, 0.25) is 0 Å².